The number of benzene rings is 1. The fourth-order valence-corrected chi connectivity index (χ4v) is 3.49. The number of hydrogen-bond donors (Lipinski definition) is 0. The maximum atomic E-state index is 12.4. The molecule has 3 rings (SSSR count). The minimum Gasteiger partial charge on any atom is -0.359 e. The number of carbonyl (C=O) groups is 3. The van der Waals surface area contributed by atoms with E-state index < -0.39 is 17.6 Å². The second kappa shape index (κ2) is 11.5. The maximum absolute atomic E-state index is 12.4. The highest BCUT2D eigenvalue weighted by atomic mass is 16.5. The van der Waals surface area contributed by atoms with Crippen LogP contribution in [0.1, 0.15) is 57.4 Å². The predicted molar refractivity (Wildman–Crippen MR) is 115 cm³/mol. The van der Waals surface area contributed by atoms with Gasteiger partial charge in [-0.05, 0) is 55.0 Å². The molecule has 0 aromatic heterocycles. The van der Waals surface area contributed by atoms with Crippen LogP contribution in [0.4, 0.5) is 5.69 Å². The number of rotatable bonds is 13. The number of ketones is 1. The first-order valence-electron chi connectivity index (χ1n) is 10.9. The number of hydrogen-bond acceptors (Lipinski definition) is 7. The first-order chi connectivity index (χ1) is 15.1. The number of Topliss-reactive ketones (excluding diaryl/α,β-unsaturated/α-hetero) is 1. The smallest absolute Gasteiger partial charge is 0.323 e. The van der Waals surface area contributed by atoms with Crippen molar-refractivity contribution in [3.05, 3.63) is 29.8 Å². The number of hydrazine groups is 1. The molecule has 0 spiro atoms. The van der Waals surface area contributed by atoms with E-state index >= 15 is 0 Å². The van der Waals surface area contributed by atoms with E-state index in [2.05, 4.69) is 22.4 Å². The van der Waals surface area contributed by atoms with Crippen molar-refractivity contribution in [3.63, 3.8) is 0 Å². The van der Waals surface area contributed by atoms with Gasteiger partial charge in [0.15, 0.2) is 0 Å². The molecule has 1 aromatic carbocycles. The van der Waals surface area contributed by atoms with Crippen molar-refractivity contribution >= 4 is 29.0 Å². The molecule has 2 aliphatic heterocycles. The summed E-state index contributed by atoms with van der Waals surface area (Å²) in [6.07, 6.45) is 8.10. The molecule has 2 heterocycles. The molecule has 0 radical (unpaired) electrons. The molecule has 2 aliphatic rings. The summed E-state index contributed by atoms with van der Waals surface area (Å²) in [5.74, 6) is -2.76. The monoisotopic (exact) mass is 427 g/mol. The first kappa shape index (κ1) is 22.7. The van der Waals surface area contributed by atoms with Crippen LogP contribution in [0, 0.1) is 0 Å². The third-order valence-electron chi connectivity index (χ3n) is 5.28. The summed E-state index contributed by atoms with van der Waals surface area (Å²) in [4.78, 5) is 36.6. The normalized spacial score (nSPS) is 16.0. The van der Waals surface area contributed by atoms with Crippen molar-refractivity contribution in [2.45, 2.75) is 58.3 Å². The lowest BCUT2D eigenvalue weighted by Gasteiger charge is -2.26. The van der Waals surface area contributed by atoms with Crippen LogP contribution in [-0.4, -0.2) is 48.2 Å². The minimum atomic E-state index is -1.04. The molecular weight excluding hydrogens is 398 g/mol. The molecule has 9 heteroatoms. The van der Waals surface area contributed by atoms with Crippen LogP contribution in [0.25, 0.3) is 0 Å². The summed E-state index contributed by atoms with van der Waals surface area (Å²) in [7, 11) is 0. The lowest BCUT2D eigenvalue weighted by molar-refractivity contribution is -0.144. The second-order valence-corrected chi connectivity index (χ2v) is 7.68. The van der Waals surface area contributed by atoms with Crippen molar-refractivity contribution in [2.24, 2.45) is 15.4 Å². The fourth-order valence-electron chi connectivity index (χ4n) is 3.49. The van der Waals surface area contributed by atoms with Crippen molar-refractivity contribution in [1.29, 1.82) is 0 Å². The van der Waals surface area contributed by atoms with Gasteiger partial charge in [0, 0.05) is 6.61 Å². The van der Waals surface area contributed by atoms with E-state index in [4.69, 9.17) is 4.74 Å². The maximum Gasteiger partial charge on any atom is 0.323 e. The van der Waals surface area contributed by atoms with Crippen LogP contribution in [0.5, 0.6) is 0 Å². The van der Waals surface area contributed by atoms with Crippen LogP contribution < -0.4 is 5.01 Å². The van der Waals surface area contributed by atoms with E-state index in [-0.39, 0.29) is 6.73 Å². The molecule has 0 saturated carbocycles. The lowest BCUT2D eigenvalue weighted by Crippen LogP contribution is -2.42. The second-order valence-electron chi connectivity index (χ2n) is 7.68. The van der Waals surface area contributed by atoms with Gasteiger partial charge in [0.2, 0.25) is 0 Å². The average Bonchev–Trinajstić information content (AvgIpc) is 3.37. The quantitative estimate of drug-likeness (QED) is 0.355. The van der Waals surface area contributed by atoms with Gasteiger partial charge in [-0.25, -0.2) is 10.0 Å². The summed E-state index contributed by atoms with van der Waals surface area (Å²) in [6, 6.07) is 7.41. The number of nitrogens with zero attached hydrogens (tertiary/aromatic N) is 5. The third-order valence-corrected chi connectivity index (χ3v) is 5.28. The minimum absolute atomic E-state index is 0.152. The highest BCUT2D eigenvalue weighted by Crippen LogP contribution is 2.23. The van der Waals surface area contributed by atoms with Crippen LogP contribution in [0.15, 0.2) is 39.7 Å². The van der Waals surface area contributed by atoms with Crippen molar-refractivity contribution in [1.82, 2.24) is 5.01 Å². The van der Waals surface area contributed by atoms with Gasteiger partial charge in [0.25, 0.3) is 0 Å². The van der Waals surface area contributed by atoms with E-state index in [9.17, 15) is 14.4 Å². The van der Waals surface area contributed by atoms with Crippen LogP contribution in [0.2, 0.25) is 0 Å². The zero-order valence-corrected chi connectivity index (χ0v) is 18.0. The van der Waals surface area contributed by atoms with E-state index in [1.165, 1.54) is 24.8 Å². The Labute approximate surface area is 182 Å². The molecule has 2 amide bonds. The molecular formula is C22H29N5O4. The van der Waals surface area contributed by atoms with Crippen molar-refractivity contribution in [2.75, 3.05) is 24.9 Å². The standard InChI is InChI=1S/C22H29N5O4/c1-2-3-4-5-8-17-10-12-19(13-11-17)27-22(30)20(28)21(29)26(27)16-31-14-7-6-9-18-15-23-25-24-18/h10-13H,2-9,14-16H2,1H3. The Morgan fingerprint density at radius 2 is 1.71 bits per heavy atom. The predicted octanol–water partition coefficient (Wildman–Crippen LogP) is 3.43. The number of anilines is 1. The molecule has 1 saturated heterocycles. The highest BCUT2D eigenvalue weighted by Gasteiger charge is 2.45. The van der Waals surface area contributed by atoms with E-state index in [0.29, 0.717) is 18.8 Å². The topological polar surface area (TPSA) is 104 Å². The Kier molecular flexibility index (Phi) is 8.40. The molecule has 1 aromatic rings. The largest absolute Gasteiger partial charge is 0.359 e. The number of amides is 2. The van der Waals surface area contributed by atoms with Gasteiger partial charge >= 0.3 is 17.6 Å². The van der Waals surface area contributed by atoms with Gasteiger partial charge in [-0.1, -0.05) is 38.3 Å². The number of unbranched alkanes of at least 4 members (excludes halogenated alkanes) is 4. The SMILES string of the molecule is CCCCCCc1ccc(N2C(=O)C(=O)C(=O)N2COCCCCC2=NN=NC2)cc1. The van der Waals surface area contributed by atoms with Gasteiger partial charge in [0.1, 0.15) is 13.3 Å². The molecule has 9 nitrogen and oxygen atoms in total. The Bertz CT molecular complexity index is 850. The van der Waals surface area contributed by atoms with Gasteiger partial charge < -0.3 is 4.74 Å². The first-order valence-corrected chi connectivity index (χ1v) is 10.9. The van der Waals surface area contributed by atoms with E-state index in [1.54, 1.807) is 12.1 Å². The Balaban J connectivity index is 1.50. The van der Waals surface area contributed by atoms with E-state index in [1.807, 2.05) is 12.1 Å². The number of carbonyl (C=O) groups excluding carboxylic acids is 3. The molecule has 0 bridgehead atoms. The molecule has 0 aliphatic carbocycles. The molecule has 31 heavy (non-hydrogen) atoms. The highest BCUT2D eigenvalue weighted by molar-refractivity contribution is 6.68. The summed E-state index contributed by atoms with van der Waals surface area (Å²) < 4.78 is 5.57. The fraction of sp³-hybridized carbons (Fsp3) is 0.545. The van der Waals surface area contributed by atoms with Gasteiger partial charge in [0.05, 0.1) is 11.4 Å². The molecule has 0 unspecified atom stereocenters. The third kappa shape index (κ3) is 6.04. The molecule has 0 atom stereocenters. The van der Waals surface area contributed by atoms with E-state index in [0.717, 1.165) is 47.8 Å². The Morgan fingerprint density at radius 3 is 2.42 bits per heavy atom. The van der Waals surface area contributed by atoms with Crippen LogP contribution in [0.3, 0.4) is 0 Å². The number of ether oxygens (including phenoxy) is 1. The van der Waals surface area contributed by atoms with Crippen molar-refractivity contribution < 1.29 is 19.1 Å². The van der Waals surface area contributed by atoms with Gasteiger partial charge in [-0.2, -0.15) is 5.11 Å². The summed E-state index contributed by atoms with van der Waals surface area (Å²) >= 11 is 0. The summed E-state index contributed by atoms with van der Waals surface area (Å²) in [5.41, 5.74) is 2.60. The molecule has 0 N–H and O–H groups in total. The lowest BCUT2D eigenvalue weighted by atomic mass is 10.1. The Hall–Kier alpha value is -2.94. The summed E-state index contributed by atoms with van der Waals surface area (Å²) in [5, 5.41) is 13.5. The summed E-state index contributed by atoms with van der Waals surface area (Å²) in [6.45, 7) is 2.98. The van der Waals surface area contributed by atoms with Crippen LogP contribution >= 0.6 is 0 Å². The molecule has 1 fully saturated rings. The molecule has 166 valence electrons. The Morgan fingerprint density at radius 1 is 0.935 bits per heavy atom. The number of aryl methyl sites for hydroxylation is 1. The zero-order chi connectivity index (χ0) is 22.1. The van der Waals surface area contributed by atoms with Gasteiger partial charge in [-0.15, -0.1) is 5.10 Å². The van der Waals surface area contributed by atoms with Crippen molar-refractivity contribution in [3.8, 4) is 0 Å². The van der Waals surface area contributed by atoms with Gasteiger partial charge in [-0.3, -0.25) is 14.4 Å². The zero-order valence-electron chi connectivity index (χ0n) is 18.0. The van der Waals surface area contributed by atoms with Crippen LogP contribution in [-0.2, 0) is 25.5 Å². The average molecular weight is 428 g/mol.